The highest BCUT2D eigenvalue weighted by Crippen LogP contribution is 2.37. The number of nitrogens with zero attached hydrogens (tertiary/aromatic N) is 1. The quantitative estimate of drug-likeness (QED) is 0.0936. The molecule has 0 saturated carbocycles. The molecule has 0 saturated heterocycles. The summed E-state index contributed by atoms with van der Waals surface area (Å²) in [7, 11) is -3.85. The Morgan fingerprint density at radius 1 is 1.22 bits per heavy atom. The number of thioether (sulfide) groups is 1. The summed E-state index contributed by atoms with van der Waals surface area (Å²) >= 11 is 1.44. The molecular formula is C20H28N6O3S3. The van der Waals surface area contributed by atoms with Crippen LogP contribution in [0.3, 0.4) is 0 Å². The molecular weight excluding hydrogens is 468 g/mol. The summed E-state index contributed by atoms with van der Waals surface area (Å²) in [5, 5.41) is 19.1. The molecule has 2 aromatic rings. The van der Waals surface area contributed by atoms with Crippen LogP contribution in [-0.2, 0) is 22.0 Å². The van der Waals surface area contributed by atoms with E-state index in [1.165, 1.54) is 11.8 Å². The van der Waals surface area contributed by atoms with Gasteiger partial charge in [0.25, 0.3) is 0 Å². The molecule has 0 aliphatic rings. The second-order valence-electron chi connectivity index (χ2n) is 6.56. The van der Waals surface area contributed by atoms with Gasteiger partial charge in [-0.2, -0.15) is 5.10 Å². The van der Waals surface area contributed by atoms with Crippen LogP contribution in [-0.4, -0.2) is 32.5 Å². The Morgan fingerprint density at radius 2 is 1.94 bits per heavy atom. The summed E-state index contributed by atoms with van der Waals surface area (Å²) in [6.45, 7) is 3.80. The fourth-order valence-corrected chi connectivity index (χ4v) is 6.02. The number of hydrogen-bond acceptors (Lipinski definition) is 7. The van der Waals surface area contributed by atoms with E-state index in [0.29, 0.717) is 10.6 Å². The van der Waals surface area contributed by atoms with Crippen LogP contribution in [0.25, 0.3) is 11.1 Å². The zero-order valence-corrected chi connectivity index (χ0v) is 20.3. The minimum Gasteiger partial charge on any atom is -0.395 e. The standard InChI is InChI=1S/C20H28N6O3S3/c1-3-5-17(21)30-15-7-4-6-13(12(15)2)14-8-9-16(32(29)25-10-11-27)19(31(24)28)18(14)20(22)26-23/h4-9,25,27H,3,10-11,21,23-24H2,1-2H3,(H2,22,26)/b17-5+. The molecule has 2 unspecified atom stereocenters. The van der Waals surface area contributed by atoms with Gasteiger partial charge in [-0.25, -0.2) is 18.3 Å². The number of allylic oxidation sites excluding steroid dienone is 1. The van der Waals surface area contributed by atoms with E-state index in [4.69, 9.17) is 27.6 Å². The molecule has 0 aromatic heterocycles. The van der Waals surface area contributed by atoms with Gasteiger partial charge in [0.05, 0.1) is 21.4 Å². The van der Waals surface area contributed by atoms with Crippen LogP contribution in [0.1, 0.15) is 24.5 Å². The van der Waals surface area contributed by atoms with Crippen molar-refractivity contribution in [2.24, 2.45) is 27.6 Å². The van der Waals surface area contributed by atoms with Crippen molar-refractivity contribution in [3.8, 4) is 11.1 Å². The third-order valence-corrected chi connectivity index (χ3v) is 7.70. The van der Waals surface area contributed by atoms with Gasteiger partial charge < -0.3 is 22.4 Å². The number of nitrogens with two attached hydrogens (primary N) is 4. The number of aliphatic hydroxyl groups is 1. The molecule has 32 heavy (non-hydrogen) atoms. The Labute approximate surface area is 196 Å². The lowest BCUT2D eigenvalue weighted by Crippen LogP contribution is -2.26. The maximum atomic E-state index is 12.7. The lowest BCUT2D eigenvalue weighted by Gasteiger charge is -2.19. The van der Waals surface area contributed by atoms with Crippen molar-refractivity contribution < 1.29 is 13.5 Å². The topological polar surface area (TPSA) is 183 Å². The number of amidine groups is 1. The van der Waals surface area contributed by atoms with E-state index in [-0.39, 0.29) is 34.3 Å². The van der Waals surface area contributed by atoms with Crippen molar-refractivity contribution in [1.29, 1.82) is 0 Å². The van der Waals surface area contributed by atoms with E-state index in [9.17, 15) is 8.42 Å². The minimum absolute atomic E-state index is 0.0563. The summed E-state index contributed by atoms with van der Waals surface area (Å²) in [5.74, 6) is 5.36. The largest absolute Gasteiger partial charge is 0.395 e. The van der Waals surface area contributed by atoms with Gasteiger partial charge in [0, 0.05) is 17.0 Å². The highest BCUT2D eigenvalue weighted by atomic mass is 32.2. The van der Waals surface area contributed by atoms with Gasteiger partial charge in [0.1, 0.15) is 22.0 Å². The van der Waals surface area contributed by atoms with Gasteiger partial charge >= 0.3 is 0 Å². The molecule has 12 heteroatoms. The number of rotatable bonds is 10. The summed E-state index contributed by atoms with van der Waals surface area (Å²) in [4.78, 5) is 1.16. The third-order valence-electron chi connectivity index (χ3n) is 4.47. The fraction of sp³-hybridized carbons (Fsp3) is 0.250. The summed E-state index contributed by atoms with van der Waals surface area (Å²) in [5.41, 5.74) is 14.7. The normalized spacial score (nSPS) is 14.4. The first-order chi connectivity index (χ1) is 15.3. The van der Waals surface area contributed by atoms with E-state index in [1.807, 2.05) is 38.1 Å². The van der Waals surface area contributed by atoms with Gasteiger partial charge in [-0.3, -0.25) is 0 Å². The van der Waals surface area contributed by atoms with Crippen molar-refractivity contribution in [3.05, 3.63) is 52.6 Å². The van der Waals surface area contributed by atoms with Crippen LogP contribution in [0, 0.1) is 6.92 Å². The van der Waals surface area contributed by atoms with Gasteiger partial charge in [0.2, 0.25) is 0 Å². The smallest absolute Gasteiger partial charge is 0.152 e. The van der Waals surface area contributed by atoms with Crippen LogP contribution < -0.4 is 27.2 Å². The Bertz CT molecular complexity index is 1090. The molecule has 174 valence electrons. The average molecular weight is 497 g/mol. The van der Waals surface area contributed by atoms with Crippen LogP contribution in [0.4, 0.5) is 0 Å². The first-order valence-corrected chi connectivity index (χ1v) is 12.8. The molecule has 10 N–H and O–H groups in total. The number of hydrazone groups is 1. The molecule has 2 rings (SSSR count). The van der Waals surface area contributed by atoms with E-state index in [1.54, 1.807) is 12.1 Å². The predicted molar refractivity (Wildman–Crippen MR) is 132 cm³/mol. The van der Waals surface area contributed by atoms with Crippen LogP contribution in [0.5, 0.6) is 0 Å². The molecule has 2 atom stereocenters. The third kappa shape index (κ3) is 5.97. The average Bonchev–Trinajstić information content (AvgIpc) is 2.77. The van der Waals surface area contributed by atoms with Crippen molar-refractivity contribution >= 4 is 39.6 Å². The Morgan fingerprint density at radius 3 is 2.53 bits per heavy atom. The van der Waals surface area contributed by atoms with Crippen molar-refractivity contribution in [2.45, 2.75) is 35.0 Å². The second kappa shape index (κ2) is 12.1. The SMILES string of the molecule is CC/C=C(\N)Sc1cccc(-c2ccc(S(=O)NCCO)c(S(N)=O)c2/C(N)=N/N)c1C. The van der Waals surface area contributed by atoms with Crippen molar-refractivity contribution in [3.63, 3.8) is 0 Å². The van der Waals surface area contributed by atoms with Crippen LogP contribution in [0.2, 0.25) is 0 Å². The van der Waals surface area contributed by atoms with Gasteiger partial charge in [-0.05, 0) is 42.2 Å². The van der Waals surface area contributed by atoms with E-state index in [2.05, 4.69) is 9.82 Å². The molecule has 0 bridgehead atoms. The predicted octanol–water partition coefficient (Wildman–Crippen LogP) is 1.13. The van der Waals surface area contributed by atoms with E-state index >= 15 is 0 Å². The summed E-state index contributed by atoms with van der Waals surface area (Å²) in [6, 6.07) is 8.97. The molecule has 0 radical (unpaired) electrons. The molecule has 0 amide bonds. The monoisotopic (exact) mass is 496 g/mol. The molecule has 0 aliphatic heterocycles. The number of nitrogens with one attached hydrogen (secondary N) is 1. The first kappa shape index (κ1) is 26.0. The summed E-state index contributed by atoms with van der Waals surface area (Å²) in [6.07, 6.45) is 2.75. The van der Waals surface area contributed by atoms with Crippen molar-refractivity contribution in [2.75, 3.05) is 13.2 Å². The van der Waals surface area contributed by atoms with Gasteiger partial charge in [0.15, 0.2) is 5.84 Å². The Kier molecular flexibility index (Phi) is 9.87. The van der Waals surface area contributed by atoms with E-state index in [0.717, 1.165) is 22.4 Å². The molecule has 9 nitrogen and oxygen atoms in total. The second-order valence-corrected chi connectivity index (χ2v) is 9.94. The molecule has 0 spiro atoms. The van der Waals surface area contributed by atoms with Crippen molar-refractivity contribution in [1.82, 2.24) is 4.72 Å². The van der Waals surface area contributed by atoms with E-state index < -0.39 is 22.0 Å². The van der Waals surface area contributed by atoms with Crippen LogP contribution >= 0.6 is 11.8 Å². The Hall–Kier alpha value is -2.22. The van der Waals surface area contributed by atoms with Crippen LogP contribution in [0.15, 0.2) is 61.2 Å². The highest BCUT2D eigenvalue weighted by Gasteiger charge is 2.24. The molecule has 0 aliphatic carbocycles. The minimum atomic E-state index is -2.05. The number of hydrogen-bond donors (Lipinski definition) is 6. The van der Waals surface area contributed by atoms with Gasteiger partial charge in [-0.1, -0.05) is 43.0 Å². The fourth-order valence-electron chi connectivity index (χ4n) is 3.06. The maximum absolute atomic E-state index is 12.7. The summed E-state index contributed by atoms with van der Waals surface area (Å²) < 4.78 is 27.9. The van der Waals surface area contributed by atoms with Gasteiger partial charge in [-0.15, -0.1) is 0 Å². The lowest BCUT2D eigenvalue weighted by molar-refractivity contribution is 0.302. The first-order valence-electron chi connectivity index (χ1n) is 9.63. The molecule has 2 aromatic carbocycles. The Balaban J connectivity index is 2.77. The molecule has 0 heterocycles. The molecule has 0 fully saturated rings. The maximum Gasteiger partial charge on any atom is 0.152 e. The highest BCUT2D eigenvalue weighted by molar-refractivity contribution is 8.03. The number of aliphatic hydroxyl groups excluding tert-OH is 1. The number of benzene rings is 2. The zero-order chi connectivity index (χ0) is 23.8. The lowest BCUT2D eigenvalue weighted by atomic mass is 9.95. The zero-order valence-electron chi connectivity index (χ0n) is 17.8.